The number of carbonyl (C=O) groups is 1. The second-order valence-electron chi connectivity index (χ2n) is 5.15. The van der Waals surface area contributed by atoms with Crippen molar-refractivity contribution in [2.24, 2.45) is 7.05 Å². The highest BCUT2D eigenvalue weighted by atomic mass is 79.9. The molecular weight excluding hydrogens is 312 g/mol. The molecule has 1 aromatic rings. The summed E-state index contributed by atoms with van der Waals surface area (Å²) in [5.74, 6) is -0.0897. The fraction of sp³-hybridized carbons (Fsp3) is 0.615. The average Bonchev–Trinajstić information content (AvgIpc) is 2.67. The molecule has 1 aliphatic rings. The van der Waals surface area contributed by atoms with Crippen molar-refractivity contribution in [2.75, 3.05) is 26.8 Å². The van der Waals surface area contributed by atoms with Crippen LogP contribution < -0.4 is 0 Å². The van der Waals surface area contributed by atoms with Crippen LogP contribution in [0.5, 0.6) is 0 Å². The molecule has 1 saturated heterocycles. The van der Waals surface area contributed by atoms with Crippen LogP contribution in [0.25, 0.3) is 0 Å². The van der Waals surface area contributed by atoms with Gasteiger partial charge in [-0.05, 0) is 22.0 Å². The van der Waals surface area contributed by atoms with Gasteiger partial charge in [0.2, 0.25) is 0 Å². The van der Waals surface area contributed by atoms with Crippen molar-refractivity contribution in [3.05, 3.63) is 22.4 Å². The lowest BCUT2D eigenvalue weighted by molar-refractivity contribution is -0.0734. The minimum absolute atomic E-state index is 0.0897. The van der Waals surface area contributed by atoms with E-state index in [1.54, 1.807) is 22.6 Å². The van der Waals surface area contributed by atoms with Crippen molar-refractivity contribution in [1.29, 1.82) is 0 Å². The predicted molar refractivity (Wildman–Crippen MR) is 75.1 cm³/mol. The van der Waals surface area contributed by atoms with Crippen molar-refractivity contribution >= 4 is 21.8 Å². The molecule has 1 aromatic heterocycles. The van der Waals surface area contributed by atoms with E-state index in [4.69, 9.17) is 4.74 Å². The van der Waals surface area contributed by atoms with E-state index in [-0.39, 0.29) is 5.91 Å². The molecular formula is C13H19BrN2O3. The molecule has 2 rings (SSSR count). The van der Waals surface area contributed by atoms with Crippen LogP contribution in [-0.2, 0) is 11.8 Å². The lowest BCUT2D eigenvalue weighted by atomic mass is 9.94. The third-order valence-electron chi connectivity index (χ3n) is 3.49. The van der Waals surface area contributed by atoms with E-state index in [9.17, 15) is 9.90 Å². The first kappa shape index (κ1) is 14.6. The summed E-state index contributed by atoms with van der Waals surface area (Å²) >= 11 is 3.35. The molecule has 6 heteroatoms. The highest BCUT2D eigenvalue weighted by Crippen LogP contribution is 2.22. The van der Waals surface area contributed by atoms with E-state index in [0.29, 0.717) is 38.3 Å². The zero-order valence-electron chi connectivity index (χ0n) is 11.2. The van der Waals surface area contributed by atoms with Crippen molar-refractivity contribution in [3.8, 4) is 0 Å². The van der Waals surface area contributed by atoms with Crippen molar-refractivity contribution in [1.82, 2.24) is 9.47 Å². The standard InChI is InChI=1S/C13H19BrN2O3/c1-15-8-10(14)7-11(15)12(17)16(2)9-13(18)3-5-19-6-4-13/h7-8,18H,3-6,9H2,1-2H3. The first-order valence-electron chi connectivity index (χ1n) is 6.29. The van der Waals surface area contributed by atoms with Crippen LogP contribution in [0, 0.1) is 0 Å². The fourth-order valence-corrected chi connectivity index (χ4v) is 2.88. The van der Waals surface area contributed by atoms with Crippen LogP contribution in [0.15, 0.2) is 16.7 Å². The maximum Gasteiger partial charge on any atom is 0.270 e. The van der Waals surface area contributed by atoms with Gasteiger partial charge in [0, 0.05) is 57.4 Å². The summed E-state index contributed by atoms with van der Waals surface area (Å²) in [6.45, 7) is 1.43. The lowest BCUT2D eigenvalue weighted by Gasteiger charge is -2.35. The number of aliphatic hydroxyl groups is 1. The average molecular weight is 331 g/mol. The first-order valence-corrected chi connectivity index (χ1v) is 7.08. The Morgan fingerprint density at radius 1 is 1.58 bits per heavy atom. The van der Waals surface area contributed by atoms with Gasteiger partial charge in [-0.25, -0.2) is 0 Å². The minimum atomic E-state index is -0.828. The zero-order valence-corrected chi connectivity index (χ0v) is 12.8. The van der Waals surface area contributed by atoms with Gasteiger partial charge in [0.25, 0.3) is 5.91 Å². The number of hydrogen-bond acceptors (Lipinski definition) is 3. The molecule has 0 unspecified atom stereocenters. The van der Waals surface area contributed by atoms with Crippen molar-refractivity contribution in [3.63, 3.8) is 0 Å². The molecule has 19 heavy (non-hydrogen) atoms. The molecule has 5 nitrogen and oxygen atoms in total. The Bertz CT molecular complexity index is 466. The van der Waals surface area contributed by atoms with Crippen LogP contribution >= 0.6 is 15.9 Å². The van der Waals surface area contributed by atoms with E-state index >= 15 is 0 Å². The molecule has 0 aromatic carbocycles. The summed E-state index contributed by atoms with van der Waals surface area (Å²) in [5.41, 5.74) is -0.226. The molecule has 0 saturated carbocycles. The van der Waals surface area contributed by atoms with Gasteiger partial charge in [0.15, 0.2) is 0 Å². The second kappa shape index (κ2) is 5.64. The van der Waals surface area contributed by atoms with E-state index in [1.165, 1.54) is 0 Å². The normalized spacial score (nSPS) is 18.3. The van der Waals surface area contributed by atoms with E-state index in [1.807, 2.05) is 13.2 Å². The molecule has 0 aliphatic carbocycles. The predicted octanol–water partition coefficient (Wildman–Crippen LogP) is 1.40. The number of amides is 1. The number of hydrogen-bond donors (Lipinski definition) is 1. The van der Waals surface area contributed by atoms with Gasteiger partial charge in [-0.3, -0.25) is 4.79 Å². The fourth-order valence-electron chi connectivity index (χ4n) is 2.36. The molecule has 1 aliphatic heterocycles. The molecule has 106 valence electrons. The summed E-state index contributed by atoms with van der Waals surface area (Å²) in [6, 6.07) is 1.78. The van der Waals surface area contributed by atoms with E-state index in [2.05, 4.69) is 15.9 Å². The quantitative estimate of drug-likeness (QED) is 0.911. The summed E-state index contributed by atoms with van der Waals surface area (Å²) in [5, 5.41) is 10.4. The summed E-state index contributed by atoms with van der Waals surface area (Å²) in [7, 11) is 3.55. The highest BCUT2D eigenvalue weighted by Gasteiger charge is 2.33. The van der Waals surface area contributed by atoms with E-state index in [0.717, 1.165) is 4.47 Å². The zero-order chi connectivity index (χ0) is 14.0. The van der Waals surface area contributed by atoms with Crippen LogP contribution in [0.4, 0.5) is 0 Å². The van der Waals surface area contributed by atoms with Gasteiger partial charge < -0.3 is 19.3 Å². The third-order valence-corrected chi connectivity index (χ3v) is 3.93. The van der Waals surface area contributed by atoms with Gasteiger partial charge in [0.1, 0.15) is 5.69 Å². The van der Waals surface area contributed by atoms with Gasteiger partial charge in [-0.15, -0.1) is 0 Å². The number of carbonyl (C=O) groups excluding carboxylic acids is 1. The number of ether oxygens (including phenoxy) is 1. The van der Waals surface area contributed by atoms with Crippen LogP contribution in [0.3, 0.4) is 0 Å². The minimum Gasteiger partial charge on any atom is -0.388 e. The highest BCUT2D eigenvalue weighted by molar-refractivity contribution is 9.10. The maximum atomic E-state index is 12.3. The van der Waals surface area contributed by atoms with Crippen LogP contribution in [0.2, 0.25) is 0 Å². The van der Waals surface area contributed by atoms with Crippen LogP contribution in [-0.4, -0.2) is 52.9 Å². The Balaban J connectivity index is 2.05. The van der Waals surface area contributed by atoms with Gasteiger partial charge >= 0.3 is 0 Å². The SMILES string of the molecule is CN(CC1(O)CCOCC1)C(=O)c1cc(Br)cn1C. The topological polar surface area (TPSA) is 54.7 Å². The summed E-state index contributed by atoms with van der Waals surface area (Å²) in [4.78, 5) is 13.9. The second-order valence-corrected chi connectivity index (χ2v) is 6.07. The number of aromatic nitrogens is 1. The number of rotatable bonds is 3. The van der Waals surface area contributed by atoms with Gasteiger partial charge in [-0.1, -0.05) is 0 Å². The molecule has 0 atom stereocenters. The largest absolute Gasteiger partial charge is 0.388 e. The Kier molecular flexibility index (Phi) is 4.32. The monoisotopic (exact) mass is 330 g/mol. The maximum absolute atomic E-state index is 12.3. The number of halogens is 1. The van der Waals surface area contributed by atoms with Crippen LogP contribution in [0.1, 0.15) is 23.3 Å². The number of likely N-dealkylation sites (N-methyl/N-ethyl adjacent to an activating group) is 1. The smallest absolute Gasteiger partial charge is 0.270 e. The van der Waals surface area contributed by atoms with Gasteiger partial charge in [-0.2, -0.15) is 0 Å². The molecule has 0 radical (unpaired) electrons. The Hall–Kier alpha value is -0.850. The molecule has 1 fully saturated rings. The van der Waals surface area contributed by atoms with Gasteiger partial charge in [0.05, 0.1) is 5.60 Å². The Labute approximate surface area is 121 Å². The molecule has 0 spiro atoms. The Morgan fingerprint density at radius 3 is 2.74 bits per heavy atom. The number of nitrogens with zero attached hydrogens (tertiary/aromatic N) is 2. The van der Waals surface area contributed by atoms with Crippen molar-refractivity contribution in [2.45, 2.75) is 18.4 Å². The van der Waals surface area contributed by atoms with Crippen molar-refractivity contribution < 1.29 is 14.6 Å². The lowest BCUT2D eigenvalue weighted by Crippen LogP contribution is -2.47. The molecule has 0 bridgehead atoms. The molecule has 1 N–H and O–H groups in total. The molecule has 2 heterocycles. The van der Waals surface area contributed by atoms with E-state index < -0.39 is 5.60 Å². The first-order chi connectivity index (χ1) is 8.91. The summed E-state index contributed by atoms with van der Waals surface area (Å²) in [6.07, 6.45) is 2.98. The molecule has 1 amide bonds. The third kappa shape index (κ3) is 3.38. The number of aryl methyl sites for hydroxylation is 1. The summed E-state index contributed by atoms with van der Waals surface area (Å²) < 4.78 is 7.89. The Morgan fingerprint density at radius 2 is 2.21 bits per heavy atom.